The smallest absolute Gasteiger partial charge is 0.181 e. The van der Waals surface area contributed by atoms with Gasteiger partial charge < -0.3 is 14.5 Å². The van der Waals surface area contributed by atoms with Gasteiger partial charge in [-0.05, 0) is 19.3 Å². The first kappa shape index (κ1) is 11.4. The van der Waals surface area contributed by atoms with Gasteiger partial charge in [0.1, 0.15) is 0 Å². The fraction of sp³-hybridized carbons (Fsp3) is 0.583. The van der Waals surface area contributed by atoms with Crippen molar-refractivity contribution < 1.29 is 9.47 Å². The number of nitrogens with one attached hydrogen (secondary N) is 1. The van der Waals surface area contributed by atoms with Gasteiger partial charge in [0.25, 0.3) is 0 Å². The van der Waals surface area contributed by atoms with Crippen LogP contribution in [-0.2, 0) is 15.9 Å². The van der Waals surface area contributed by atoms with E-state index in [1.54, 1.807) is 12.3 Å². The Morgan fingerprint density at radius 3 is 3.19 bits per heavy atom. The van der Waals surface area contributed by atoms with Crippen LogP contribution in [0.5, 0.6) is 0 Å². The van der Waals surface area contributed by atoms with Crippen molar-refractivity contribution in [2.24, 2.45) is 0 Å². The summed E-state index contributed by atoms with van der Waals surface area (Å²) in [6, 6.07) is 3.11. The third-order valence-corrected chi connectivity index (χ3v) is 2.65. The Kier molecular flexibility index (Phi) is 4.13. The van der Waals surface area contributed by atoms with E-state index < -0.39 is 0 Å². The SMILES string of the molecule is O=c1cc[nH]c(CCOC2CCCCO2)c1. The molecule has 1 fully saturated rings. The number of pyridine rings is 1. The van der Waals surface area contributed by atoms with Crippen LogP contribution in [0.15, 0.2) is 23.1 Å². The zero-order valence-electron chi connectivity index (χ0n) is 9.28. The van der Waals surface area contributed by atoms with Gasteiger partial charge in [0, 0.05) is 37.1 Å². The standard InChI is InChI=1S/C12H17NO3/c14-11-4-6-13-10(9-11)5-8-16-12-3-1-2-7-15-12/h4,6,9,12H,1-3,5,7-8H2,(H,13,14). The molecule has 1 aromatic rings. The van der Waals surface area contributed by atoms with Gasteiger partial charge in [0.2, 0.25) is 0 Å². The lowest BCUT2D eigenvalue weighted by Crippen LogP contribution is -2.23. The van der Waals surface area contributed by atoms with Gasteiger partial charge in [-0.3, -0.25) is 4.79 Å². The minimum atomic E-state index is -0.0517. The number of hydrogen-bond acceptors (Lipinski definition) is 3. The number of rotatable bonds is 4. The lowest BCUT2D eigenvalue weighted by Gasteiger charge is -2.22. The first-order valence-corrected chi connectivity index (χ1v) is 5.75. The summed E-state index contributed by atoms with van der Waals surface area (Å²) in [5.74, 6) is 0. The molecule has 1 N–H and O–H groups in total. The lowest BCUT2D eigenvalue weighted by molar-refractivity contribution is -0.161. The molecule has 1 atom stereocenters. The molecule has 1 aliphatic rings. The molecule has 0 amide bonds. The summed E-state index contributed by atoms with van der Waals surface area (Å²) < 4.78 is 11.0. The minimum absolute atomic E-state index is 0.0302. The van der Waals surface area contributed by atoms with E-state index in [-0.39, 0.29) is 11.7 Å². The summed E-state index contributed by atoms with van der Waals surface area (Å²) in [6.45, 7) is 1.39. The Labute approximate surface area is 94.6 Å². The summed E-state index contributed by atoms with van der Waals surface area (Å²) >= 11 is 0. The van der Waals surface area contributed by atoms with Crippen molar-refractivity contribution in [3.05, 3.63) is 34.2 Å². The van der Waals surface area contributed by atoms with Crippen LogP contribution in [0, 0.1) is 0 Å². The lowest BCUT2D eigenvalue weighted by atomic mass is 10.2. The summed E-state index contributed by atoms with van der Waals surface area (Å²) in [6.07, 6.45) is 5.61. The summed E-state index contributed by atoms with van der Waals surface area (Å²) in [4.78, 5) is 14.1. The molecule has 4 heteroatoms. The van der Waals surface area contributed by atoms with Gasteiger partial charge in [0.15, 0.2) is 11.7 Å². The van der Waals surface area contributed by atoms with Crippen molar-refractivity contribution in [3.63, 3.8) is 0 Å². The van der Waals surface area contributed by atoms with E-state index in [0.717, 1.165) is 31.6 Å². The molecule has 0 aromatic carbocycles. The number of aromatic amines is 1. The van der Waals surface area contributed by atoms with Crippen molar-refractivity contribution in [3.8, 4) is 0 Å². The summed E-state index contributed by atoms with van der Waals surface area (Å²) in [5.41, 5.74) is 0.936. The van der Waals surface area contributed by atoms with Gasteiger partial charge in [-0.1, -0.05) is 0 Å². The molecule has 2 rings (SSSR count). The first-order valence-electron chi connectivity index (χ1n) is 5.75. The van der Waals surface area contributed by atoms with Crippen LogP contribution in [0.25, 0.3) is 0 Å². The molecule has 88 valence electrons. The van der Waals surface area contributed by atoms with Crippen LogP contribution < -0.4 is 5.43 Å². The number of hydrogen-bond donors (Lipinski definition) is 1. The molecule has 0 saturated carbocycles. The van der Waals surface area contributed by atoms with Crippen molar-refractivity contribution in [1.82, 2.24) is 4.98 Å². The van der Waals surface area contributed by atoms with Crippen LogP contribution in [0.4, 0.5) is 0 Å². The van der Waals surface area contributed by atoms with Crippen molar-refractivity contribution in [2.45, 2.75) is 32.0 Å². The third-order valence-electron chi connectivity index (χ3n) is 2.65. The van der Waals surface area contributed by atoms with Crippen LogP contribution in [-0.4, -0.2) is 24.5 Å². The van der Waals surface area contributed by atoms with E-state index in [9.17, 15) is 4.79 Å². The van der Waals surface area contributed by atoms with Crippen LogP contribution >= 0.6 is 0 Å². The van der Waals surface area contributed by atoms with Crippen molar-refractivity contribution in [1.29, 1.82) is 0 Å². The number of H-pyrrole nitrogens is 1. The second-order valence-electron chi connectivity index (χ2n) is 3.97. The molecule has 0 spiro atoms. The molecule has 1 aromatic heterocycles. The van der Waals surface area contributed by atoms with E-state index in [2.05, 4.69) is 4.98 Å². The summed E-state index contributed by atoms with van der Waals surface area (Å²) in [5, 5.41) is 0. The molecule has 1 saturated heterocycles. The highest BCUT2D eigenvalue weighted by Gasteiger charge is 2.13. The maximum Gasteiger partial charge on any atom is 0.181 e. The monoisotopic (exact) mass is 223 g/mol. The topological polar surface area (TPSA) is 51.3 Å². The molecule has 16 heavy (non-hydrogen) atoms. The minimum Gasteiger partial charge on any atom is -0.365 e. The zero-order valence-corrected chi connectivity index (χ0v) is 9.28. The molecule has 0 radical (unpaired) electrons. The molecular formula is C12H17NO3. The normalized spacial score (nSPS) is 20.9. The average molecular weight is 223 g/mol. The molecule has 4 nitrogen and oxygen atoms in total. The molecule has 0 bridgehead atoms. The van der Waals surface area contributed by atoms with Crippen LogP contribution in [0.2, 0.25) is 0 Å². The molecule has 1 aliphatic heterocycles. The Bertz CT molecular complexity index is 369. The Morgan fingerprint density at radius 1 is 1.50 bits per heavy atom. The van der Waals surface area contributed by atoms with E-state index >= 15 is 0 Å². The number of ether oxygens (including phenoxy) is 2. The van der Waals surface area contributed by atoms with Crippen molar-refractivity contribution in [2.75, 3.05) is 13.2 Å². The predicted molar refractivity (Wildman–Crippen MR) is 60.3 cm³/mol. The van der Waals surface area contributed by atoms with E-state index in [0.29, 0.717) is 6.61 Å². The van der Waals surface area contributed by atoms with E-state index in [4.69, 9.17) is 9.47 Å². The second kappa shape index (κ2) is 5.82. The van der Waals surface area contributed by atoms with Gasteiger partial charge in [-0.15, -0.1) is 0 Å². The molecule has 1 unspecified atom stereocenters. The largest absolute Gasteiger partial charge is 0.365 e. The molecule has 0 aliphatic carbocycles. The van der Waals surface area contributed by atoms with E-state index in [1.165, 1.54) is 12.5 Å². The van der Waals surface area contributed by atoms with Gasteiger partial charge in [-0.25, -0.2) is 0 Å². The number of aromatic nitrogens is 1. The Balaban J connectivity index is 1.73. The first-order chi connectivity index (χ1) is 7.84. The highest BCUT2D eigenvalue weighted by Crippen LogP contribution is 2.13. The zero-order chi connectivity index (χ0) is 11.2. The van der Waals surface area contributed by atoms with E-state index in [1.807, 2.05) is 0 Å². The quantitative estimate of drug-likeness (QED) is 0.840. The highest BCUT2D eigenvalue weighted by atomic mass is 16.7. The van der Waals surface area contributed by atoms with Gasteiger partial charge in [-0.2, -0.15) is 0 Å². The Morgan fingerprint density at radius 2 is 2.44 bits per heavy atom. The maximum absolute atomic E-state index is 11.1. The predicted octanol–water partition coefficient (Wildman–Crippen LogP) is 1.46. The fourth-order valence-corrected chi connectivity index (χ4v) is 1.78. The van der Waals surface area contributed by atoms with Crippen LogP contribution in [0.1, 0.15) is 25.0 Å². The summed E-state index contributed by atoms with van der Waals surface area (Å²) in [7, 11) is 0. The second-order valence-corrected chi connectivity index (χ2v) is 3.97. The highest BCUT2D eigenvalue weighted by molar-refractivity contribution is 5.04. The Hall–Kier alpha value is -1.13. The maximum atomic E-state index is 11.1. The molecule has 2 heterocycles. The fourth-order valence-electron chi connectivity index (χ4n) is 1.78. The molecular weight excluding hydrogens is 206 g/mol. The van der Waals surface area contributed by atoms with Crippen molar-refractivity contribution >= 4 is 0 Å². The van der Waals surface area contributed by atoms with Gasteiger partial charge >= 0.3 is 0 Å². The third kappa shape index (κ3) is 3.47. The van der Waals surface area contributed by atoms with Crippen LogP contribution in [0.3, 0.4) is 0 Å². The van der Waals surface area contributed by atoms with Gasteiger partial charge in [0.05, 0.1) is 6.61 Å². The average Bonchev–Trinajstić information content (AvgIpc) is 2.30.